The SMILES string of the molecule is CN(C)CCCCc1ccc(S(=O)(=O)NC(=O)c2nc(N3CCc4cccc(C(=O)Nc5nc6ccccc6s5)c4C3)ccc2CCCc2ccccc2)cc1[NH+]=O.[OH-]. The summed E-state index contributed by atoms with van der Waals surface area (Å²) >= 11 is 1.41. The summed E-state index contributed by atoms with van der Waals surface area (Å²) in [6.07, 6.45) is 4.94. The number of para-hydroxylation sites is 1. The summed E-state index contributed by atoms with van der Waals surface area (Å²) in [4.78, 5) is 52.9. The van der Waals surface area contributed by atoms with Gasteiger partial charge < -0.3 is 15.3 Å². The number of nitroso groups, excluding NO2 is 1. The van der Waals surface area contributed by atoms with Crippen molar-refractivity contribution < 1.29 is 28.7 Å². The van der Waals surface area contributed by atoms with E-state index in [4.69, 9.17) is 4.98 Å². The van der Waals surface area contributed by atoms with Gasteiger partial charge in [-0.1, -0.05) is 78.1 Å². The molecule has 15 heteroatoms. The molecule has 0 unspecified atom stereocenters. The van der Waals surface area contributed by atoms with Crippen molar-refractivity contribution in [1.29, 1.82) is 0 Å². The van der Waals surface area contributed by atoms with Gasteiger partial charge in [0, 0.05) is 40.4 Å². The molecular formula is C44H47N7O6S2. The second-order valence-electron chi connectivity index (χ2n) is 14.7. The number of rotatable bonds is 16. The van der Waals surface area contributed by atoms with E-state index >= 15 is 0 Å². The number of benzene rings is 4. The Morgan fingerprint density at radius 2 is 1.59 bits per heavy atom. The fourth-order valence-corrected chi connectivity index (χ4v) is 9.11. The number of pyridine rings is 1. The van der Waals surface area contributed by atoms with Gasteiger partial charge in [-0.3, -0.25) is 14.9 Å². The van der Waals surface area contributed by atoms with Crippen LogP contribution < -0.4 is 20.1 Å². The number of aromatic nitrogens is 2. The van der Waals surface area contributed by atoms with E-state index in [0.29, 0.717) is 66.4 Å². The fraction of sp³-hybridized carbons (Fsp3) is 0.273. The van der Waals surface area contributed by atoms with Gasteiger partial charge in [-0.2, -0.15) is 0 Å². The summed E-state index contributed by atoms with van der Waals surface area (Å²) in [7, 11) is -0.398. The molecule has 6 aromatic rings. The summed E-state index contributed by atoms with van der Waals surface area (Å²) < 4.78 is 30.6. The summed E-state index contributed by atoms with van der Waals surface area (Å²) in [6, 6.07) is 31.4. The highest BCUT2D eigenvalue weighted by Gasteiger charge is 2.27. The number of amides is 2. The Morgan fingerprint density at radius 1 is 0.831 bits per heavy atom. The standard InChI is InChI=1S/C44H45N7O5S2.H2O/c1-50(2)26-9-8-15-32-21-23-34(28-38(32)48-54)58(55,56)49-43(53)41-33(17-10-14-30-12-4-3-5-13-30)22-24-40(46-41)51-27-25-31-16-11-18-35(36(31)29-51)42(52)47-44-45-37-19-6-7-20-39(37)57-44;/h3-7,11-13,16,18-24,28H,8-10,14-15,17,25-27,29H2,1-2H3,(H,49,53)(H,45,47,52);1H2. The quantitative estimate of drug-likeness (QED) is 0.0980. The number of nitrogens with one attached hydrogen (secondary N) is 3. The van der Waals surface area contributed by atoms with Gasteiger partial charge in [0.15, 0.2) is 5.13 Å². The monoisotopic (exact) mass is 833 g/mol. The summed E-state index contributed by atoms with van der Waals surface area (Å²) in [5, 5.41) is 5.37. The van der Waals surface area contributed by atoms with Crippen LogP contribution in [0.25, 0.3) is 10.2 Å². The number of nitrogens with zero attached hydrogens (tertiary/aromatic N) is 4. The number of thiazole rings is 1. The lowest BCUT2D eigenvalue weighted by Crippen LogP contribution is -2.56. The van der Waals surface area contributed by atoms with E-state index in [1.54, 1.807) is 12.1 Å². The number of sulfonamides is 1. The second-order valence-corrected chi connectivity index (χ2v) is 17.4. The number of carbonyl (C=O) groups is 2. The highest BCUT2D eigenvalue weighted by atomic mass is 32.2. The maximum Gasteiger partial charge on any atom is 0.283 e. The molecular weight excluding hydrogens is 787 g/mol. The van der Waals surface area contributed by atoms with Crippen LogP contribution in [-0.4, -0.2) is 67.8 Å². The first-order chi connectivity index (χ1) is 28.1. The largest absolute Gasteiger partial charge is 0.870 e. The van der Waals surface area contributed by atoms with Crippen LogP contribution in [0.15, 0.2) is 108 Å². The Labute approximate surface area is 347 Å². The Hall–Kier alpha value is -5.87. The minimum absolute atomic E-state index is 0. The molecule has 7 rings (SSSR count). The van der Waals surface area contributed by atoms with Crippen molar-refractivity contribution >= 4 is 60.0 Å². The molecule has 4 aromatic carbocycles. The lowest BCUT2D eigenvalue weighted by atomic mass is 9.94. The average molecular weight is 834 g/mol. The Balaban J connectivity index is 0.00000585. The first kappa shape index (κ1) is 42.7. The predicted octanol–water partition coefficient (Wildman–Crippen LogP) is 5.99. The van der Waals surface area contributed by atoms with E-state index < -0.39 is 15.9 Å². The third kappa shape index (κ3) is 10.4. The molecule has 0 bridgehead atoms. The van der Waals surface area contributed by atoms with E-state index in [9.17, 15) is 22.9 Å². The number of hydrogen-bond donors (Lipinski definition) is 3. The Morgan fingerprint density at radius 3 is 2.37 bits per heavy atom. The third-order valence-electron chi connectivity index (χ3n) is 10.3. The van der Waals surface area contributed by atoms with Gasteiger partial charge in [0.2, 0.25) is 0 Å². The molecule has 59 heavy (non-hydrogen) atoms. The van der Waals surface area contributed by atoms with Crippen molar-refractivity contribution in [2.45, 2.75) is 56.4 Å². The van der Waals surface area contributed by atoms with Crippen LogP contribution >= 0.6 is 11.3 Å². The molecule has 0 spiro atoms. The van der Waals surface area contributed by atoms with Crippen molar-refractivity contribution in [3.05, 3.63) is 147 Å². The van der Waals surface area contributed by atoms with Crippen molar-refractivity contribution in [2.75, 3.05) is 37.4 Å². The van der Waals surface area contributed by atoms with Crippen molar-refractivity contribution in [1.82, 2.24) is 19.6 Å². The number of fused-ring (bicyclic) bond motifs is 2. The van der Waals surface area contributed by atoms with Crippen LogP contribution in [0.1, 0.15) is 67.9 Å². The van der Waals surface area contributed by atoms with Crippen LogP contribution in [0.4, 0.5) is 16.6 Å². The molecule has 1 aliphatic heterocycles. The fourth-order valence-electron chi connectivity index (χ4n) is 7.27. The minimum atomic E-state index is -4.39. The smallest absolute Gasteiger partial charge is 0.283 e. The molecule has 306 valence electrons. The normalized spacial score (nSPS) is 12.5. The number of hydrogen-bond acceptors (Lipinski definition) is 11. The van der Waals surface area contributed by atoms with E-state index in [1.807, 2.05) is 103 Å². The predicted molar refractivity (Wildman–Crippen MR) is 230 cm³/mol. The van der Waals surface area contributed by atoms with Crippen LogP contribution in [0.5, 0.6) is 0 Å². The highest BCUT2D eigenvalue weighted by molar-refractivity contribution is 7.90. The zero-order chi connectivity index (χ0) is 40.6. The van der Waals surface area contributed by atoms with Gasteiger partial charge in [-0.25, -0.2) is 23.1 Å². The first-order valence-corrected chi connectivity index (χ1v) is 21.7. The molecule has 0 radical (unpaired) electrons. The van der Waals surface area contributed by atoms with Gasteiger partial charge in [0.05, 0.1) is 15.1 Å². The average Bonchev–Trinajstić information content (AvgIpc) is 3.64. The number of unbranched alkanes of at least 4 members (excludes halogenated alkanes) is 1. The minimum Gasteiger partial charge on any atom is -0.870 e. The molecule has 0 aliphatic carbocycles. The highest BCUT2D eigenvalue weighted by Crippen LogP contribution is 2.30. The van der Waals surface area contributed by atoms with Crippen LogP contribution in [0.2, 0.25) is 0 Å². The molecule has 4 N–H and O–H groups in total. The van der Waals surface area contributed by atoms with E-state index in [-0.39, 0.29) is 27.7 Å². The van der Waals surface area contributed by atoms with Crippen molar-refractivity contribution in [3.63, 3.8) is 0 Å². The van der Waals surface area contributed by atoms with Gasteiger partial charge in [-0.05, 0) is 118 Å². The first-order valence-electron chi connectivity index (χ1n) is 19.4. The Kier molecular flexibility index (Phi) is 13.9. The lowest BCUT2D eigenvalue weighted by Gasteiger charge is -2.31. The zero-order valence-electron chi connectivity index (χ0n) is 33.0. The third-order valence-corrected chi connectivity index (χ3v) is 12.6. The zero-order valence-corrected chi connectivity index (χ0v) is 34.6. The molecule has 2 aromatic heterocycles. The van der Waals surface area contributed by atoms with E-state index in [1.165, 1.54) is 23.5 Å². The summed E-state index contributed by atoms with van der Waals surface area (Å²) in [6.45, 7) is 1.82. The van der Waals surface area contributed by atoms with Gasteiger partial charge in [-0.15, -0.1) is 0 Å². The topological polar surface area (TPSA) is 186 Å². The molecule has 0 saturated carbocycles. The van der Waals surface area contributed by atoms with E-state index in [2.05, 4.69) is 19.9 Å². The van der Waals surface area contributed by atoms with Crippen molar-refractivity contribution in [2.24, 2.45) is 0 Å². The number of aryl methyl sites for hydroxylation is 3. The van der Waals surface area contributed by atoms with Crippen LogP contribution in [-0.2, 0) is 42.3 Å². The molecule has 13 nitrogen and oxygen atoms in total. The second kappa shape index (κ2) is 19.3. The Bertz CT molecular complexity index is 2530. The molecule has 0 saturated heterocycles. The van der Waals surface area contributed by atoms with Gasteiger partial charge in [0.1, 0.15) is 11.5 Å². The van der Waals surface area contributed by atoms with Crippen LogP contribution in [0, 0.1) is 4.91 Å². The number of carbonyl (C=O) groups excluding carboxylic acids is 2. The summed E-state index contributed by atoms with van der Waals surface area (Å²) in [5.74, 6) is -0.649. The molecule has 3 heterocycles. The molecule has 0 atom stereocenters. The lowest BCUT2D eigenvalue weighted by molar-refractivity contribution is -0.380. The molecule has 2 amide bonds. The van der Waals surface area contributed by atoms with Gasteiger partial charge in [0.25, 0.3) is 27.5 Å². The van der Waals surface area contributed by atoms with Crippen molar-refractivity contribution in [3.8, 4) is 0 Å². The van der Waals surface area contributed by atoms with E-state index in [0.717, 1.165) is 52.7 Å². The molecule has 0 fully saturated rings. The maximum absolute atomic E-state index is 14.0. The maximum atomic E-state index is 14.0. The van der Waals surface area contributed by atoms with Gasteiger partial charge >= 0.3 is 0 Å². The summed E-state index contributed by atoms with van der Waals surface area (Å²) in [5.41, 5.74) is 5.84. The number of anilines is 2. The van der Waals surface area contributed by atoms with Crippen LogP contribution in [0.3, 0.4) is 0 Å². The molecule has 1 aliphatic rings.